The number of hydrogen-bond donors (Lipinski definition) is 2. The molecule has 2 N–H and O–H groups in total. The van der Waals surface area contributed by atoms with Crippen LogP contribution in [0.4, 0.5) is 18.9 Å². The van der Waals surface area contributed by atoms with Crippen molar-refractivity contribution in [3.63, 3.8) is 0 Å². The number of anilines is 1. The van der Waals surface area contributed by atoms with Gasteiger partial charge in [0.05, 0.1) is 16.8 Å². The van der Waals surface area contributed by atoms with Crippen molar-refractivity contribution < 1.29 is 18.0 Å². The van der Waals surface area contributed by atoms with Crippen molar-refractivity contribution in [1.82, 2.24) is 9.97 Å². The second-order valence-electron chi connectivity index (χ2n) is 4.62. The van der Waals surface area contributed by atoms with Crippen LogP contribution in [0.15, 0.2) is 48.9 Å². The summed E-state index contributed by atoms with van der Waals surface area (Å²) in [6.07, 6.45) is -1.17. The van der Waals surface area contributed by atoms with E-state index in [1.165, 1.54) is 6.20 Å². The number of carbonyl (C=O) groups excluding carboxylic acids is 1. The van der Waals surface area contributed by atoms with E-state index in [1.54, 1.807) is 18.2 Å². The van der Waals surface area contributed by atoms with E-state index in [4.69, 9.17) is 0 Å². The van der Waals surface area contributed by atoms with Gasteiger partial charge in [0.1, 0.15) is 0 Å². The van der Waals surface area contributed by atoms with Crippen LogP contribution >= 0.6 is 0 Å². The number of pyridine rings is 1. The Morgan fingerprint density at radius 2 is 1.95 bits per heavy atom. The fraction of sp³-hybridized carbons (Fsp3) is 0.0667. The summed E-state index contributed by atoms with van der Waals surface area (Å²) in [7, 11) is 0. The van der Waals surface area contributed by atoms with Crippen molar-refractivity contribution in [2.45, 2.75) is 6.18 Å². The summed E-state index contributed by atoms with van der Waals surface area (Å²) in [5.74, 6) is -0.856. The topological polar surface area (TPSA) is 57.8 Å². The standard InChI is InChI=1S/C15H10F3N3O/c16-15(17,18)11-5-6-19-7-10(11)14(22)21-13-8-20-12-4-2-1-3-9(12)13/h1-8,20H,(H,21,22). The summed E-state index contributed by atoms with van der Waals surface area (Å²) in [5, 5.41) is 3.20. The number of fused-ring (bicyclic) bond motifs is 1. The van der Waals surface area contributed by atoms with Crippen LogP contribution in [0.2, 0.25) is 0 Å². The number of alkyl halides is 3. The number of halogens is 3. The lowest BCUT2D eigenvalue weighted by atomic mass is 10.1. The van der Waals surface area contributed by atoms with Gasteiger partial charge in [-0.15, -0.1) is 0 Å². The van der Waals surface area contributed by atoms with Crippen LogP contribution in [-0.4, -0.2) is 15.9 Å². The molecule has 112 valence electrons. The molecule has 0 radical (unpaired) electrons. The Morgan fingerprint density at radius 1 is 1.18 bits per heavy atom. The molecule has 0 fully saturated rings. The van der Waals surface area contributed by atoms with Gasteiger partial charge >= 0.3 is 6.18 Å². The van der Waals surface area contributed by atoms with Crippen molar-refractivity contribution in [1.29, 1.82) is 0 Å². The van der Waals surface area contributed by atoms with Gasteiger partial charge in [-0.05, 0) is 12.1 Å². The Morgan fingerprint density at radius 3 is 2.73 bits per heavy atom. The van der Waals surface area contributed by atoms with Crippen molar-refractivity contribution in [3.8, 4) is 0 Å². The van der Waals surface area contributed by atoms with Crippen molar-refractivity contribution >= 4 is 22.5 Å². The molecule has 3 aromatic rings. The van der Waals surface area contributed by atoms with Gasteiger partial charge in [-0.1, -0.05) is 18.2 Å². The average Bonchev–Trinajstić information content (AvgIpc) is 2.90. The van der Waals surface area contributed by atoms with Crippen LogP contribution in [0.3, 0.4) is 0 Å². The molecule has 2 aromatic heterocycles. The molecule has 1 aromatic carbocycles. The Bertz CT molecular complexity index is 839. The highest BCUT2D eigenvalue weighted by molar-refractivity contribution is 6.09. The van der Waals surface area contributed by atoms with Gasteiger partial charge in [0.2, 0.25) is 0 Å². The van der Waals surface area contributed by atoms with Crippen LogP contribution in [-0.2, 0) is 6.18 Å². The van der Waals surface area contributed by atoms with E-state index in [0.29, 0.717) is 11.1 Å². The monoisotopic (exact) mass is 305 g/mol. The van der Waals surface area contributed by atoms with Crippen LogP contribution in [0, 0.1) is 0 Å². The molecule has 0 atom stereocenters. The highest BCUT2D eigenvalue weighted by atomic mass is 19.4. The number of hydrogen-bond acceptors (Lipinski definition) is 2. The molecular weight excluding hydrogens is 295 g/mol. The third kappa shape index (κ3) is 2.52. The average molecular weight is 305 g/mol. The number of nitrogens with one attached hydrogen (secondary N) is 2. The molecule has 0 saturated carbocycles. The molecule has 0 aliphatic carbocycles. The van der Waals surface area contributed by atoms with E-state index in [-0.39, 0.29) is 0 Å². The van der Waals surface area contributed by atoms with Gasteiger partial charge in [-0.3, -0.25) is 9.78 Å². The molecule has 0 spiro atoms. The van der Waals surface area contributed by atoms with Crippen molar-refractivity contribution in [3.05, 3.63) is 60.0 Å². The highest BCUT2D eigenvalue weighted by Gasteiger charge is 2.35. The van der Waals surface area contributed by atoms with Gasteiger partial charge in [0.25, 0.3) is 5.91 Å². The lowest BCUT2D eigenvalue weighted by Gasteiger charge is -2.11. The molecule has 22 heavy (non-hydrogen) atoms. The molecule has 0 unspecified atom stereocenters. The smallest absolute Gasteiger partial charge is 0.359 e. The number of benzene rings is 1. The largest absolute Gasteiger partial charge is 0.417 e. The maximum absolute atomic E-state index is 12.9. The Labute approximate surface area is 123 Å². The highest BCUT2D eigenvalue weighted by Crippen LogP contribution is 2.32. The fourth-order valence-corrected chi connectivity index (χ4v) is 2.19. The number of para-hydroxylation sites is 1. The van der Waals surface area contributed by atoms with E-state index >= 15 is 0 Å². The van der Waals surface area contributed by atoms with Crippen molar-refractivity contribution in [2.75, 3.05) is 5.32 Å². The van der Waals surface area contributed by atoms with Crippen LogP contribution in [0.25, 0.3) is 10.9 Å². The molecule has 0 aliphatic rings. The number of H-pyrrole nitrogens is 1. The predicted octanol–water partition coefficient (Wildman–Crippen LogP) is 3.83. The number of aromatic amines is 1. The first-order valence-electron chi connectivity index (χ1n) is 6.35. The molecule has 0 bridgehead atoms. The summed E-state index contributed by atoms with van der Waals surface area (Å²) >= 11 is 0. The van der Waals surface area contributed by atoms with Gasteiger partial charge in [-0.2, -0.15) is 13.2 Å². The van der Waals surface area contributed by atoms with Crippen LogP contribution < -0.4 is 5.32 Å². The quantitative estimate of drug-likeness (QED) is 0.756. The van der Waals surface area contributed by atoms with Crippen LogP contribution in [0.5, 0.6) is 0 Å². The normalized spacial score (nSPS) is 11.6. The lowest BCUT2D eigenvalue weighted by molar-refractivity contribution is -0.137. The minimum atomic E-state index is -4.62. The maximum atomic E-state index is 12.9. The summed E-state index contributed by atoms with van der Waals surface area (Å²) in [5.41, 5.74) is -0.335. The Hall–Kier alpha value is -2.83. The molecule has 7 heteroatoms. The number of carbonyl (C=O) groups is 1. The minimum Gasteiger partial charge on any atom is -0.359 e. The van der Waals surface area contributed by atoms with Gasteiger partial charge in [0, 0.05) is 29.5 Å². The number of amides is 1. The predicted molar refractivity (Wildman–Crippen MR) is 75.5 cm³/mol. The summed E-state index contributed by atoms with van der Waals surface area (Å²) in [6, 6.07) is 7.93. The van der Waals surface area contributed by atoms with Gasteiger partial charge in [-0.25, -0.2) is 0 Å². The summed E-state index contributed by atoms with van der Waals surface area (Å²) < 4.78 is 38.8. The minimum absolute atomic E-state index is 0.414. The van der Waals surface area contributed by atoms with E-state index in [9.17, 15) is 18.0 Å². The molecule has 1 amide bonds. The first-order valence-corrected chi connectivity index (χ1v) is 6.35. The lowest BCUT2D eigenvalue weighted by Crippen LogP contribution is -2.18. The second kappa shape index (κ2) is 5.18. The molecule has 4 nitrogen and oxygen atoms in total. The summed E-state index contributed by atoms with van der Waals surface area (Å²) in [4.78, 5) is 18.7. The van der Waals surface area contributed by atoms with E-state index in [0.717, 1.165) is 24.0 Å². The van der Waals surface area contributed by atoms with E-state index < -0.39 is 23.2 Å². The Balaban J connectivity index is 1.96. The zero-order valence-corrected chi connectivity index (χ0v) is 11.1. The first-order chi connectivity index (χ1) is 10.5. The molecule has 0 saturated heterocycles. The zero-order chi connectivity index (χ0) is 15.7. The van der Waals surface area contributed by atoms with E-state index in [1.807, 2.05) is 6.07 Å². The van der Waals surface area contributed by atoms with Crippen molar-refractivity contribution in [2.24, 2.45) is 0 Å². The molecule has 0 aliphatic heterocycles. The third-order valence-corrected chi connectivity index (χ3v) is 3.21. The molecule has 2 heterocycles. The SMILES string of the molecule is O=C(Nc1c[nH]c2ccccc12)c1cnccc1C(F)(F)F. The maximum Gasteiger partial charge on any atom is 0.417 e. The first kappa shape index (κ1) is 14.1. The zero-order valence-electron chi connectivity index (χ0n) is 11.1. The Kier molecular flexibility index (Phi) is 3.32. The molecule has 3 rings (SSSR count). The third-order valence-electron chi connectivity index (χ3n) is 3.21. The number of aromatic nitrogens is 2. The summed E-state index contributed by atoms with van der Waals surface area (Å²) in [6.45, 7) is 0. The fourth-order valence-electron chi connectivity index (χ4n) is 2.19. The van der Waals surface area contributed by atoms with E-state index in [2.05, 4.69) is 15.3 Å². The van der Waals surface area contributed by atoms with Gasteiger partial charge < -0.3 is 10.3 Å². The van der Waals surface area contributed by atoms with Gasteiger partial charge in [0.15, 0.2) is 0 Å². The molecular formula is C15H10F3N3O. The number of rotatable bonds is 2. The number of nitrogens with zero attached hydrogens (tertiary/aromatic N) is 1. The second-order valence-corrected chi connectivity index (χ2v) is 4.62. The van der Waals surface area contributed by atoms with Crippen LogP contribution in [0.1, 0.15) is 15.9 Å².